The molecule has 3 N–H and O–H groups in total. The fourth-order valence-electron chi connectivity index (χ4n) is 2.66. The smallest absolute Gasteiger partial charge is 0.141 e. The van der Waals surface area contributed by atoms with E-state index >= 15 is 0 Å². The van der Waals surface area contributed by atoms with Crippen molar-refractivity contribution in [1.29, 1.82) is 0 Å². The predicted molar refractivity (Wildman–Crippen MR) is 79.5 cm³/mol. The molecule has 1 aromatic heterocycles. The molecule has 1 fully saturated rings. The third-order valence-electron chi connectivity index (χ3n) is 3.85. The minimum absolute atomic E-state index is 0.0353. The summed E-state index contributed by atoms with van der Waals surface area (Å²) in [6.07, 6.45) is 2.19. The van der Waals surface area contributed by atoms with Gasteiger partial charge in [-0.1, -0.05) is 0 Å². The monoisotopic (exact) mass is 283 g/mol. The van der Waals surface area contributed by atoms with Crippen LogP contribution in [0, 0.1) is 5.82 Å². The number of nitrogens with two attached hydrogens (primary N) is 1. The lowest BCUT2D eigenvalue weighted by Gasteiger charge is -2.08. The van der Waals surface area contributed by atoms with Crippen LogP contribution >= 0.6 is 0 Å². The molecule has 0 bridgehead atoms. The Morgan fingerprint density at radius 1 is 1.19 bits per heavy atom. The van der Waals surface area contributed by atoms with Gasteiger partial charge in [0.2, 0.25) is 0 Å². The molecular formula is C16H14FN3O. The molecule has 3 aromatic rings. The van der Waals surface area contributed by atoms with Crippen LogP contribution in [0.5, 0.6) is 5.75 Å². The van der Waals surface area contributed by atoms with E-state index in [4.69, 9.17) is 5.73 Å². The summed E-state index contributed by atoms with van der Waals surface area (Å²) in [6.45, 7) is 0. The largest absolute Gasteiger partial charge is 0.506 e. The van der Waals surface area contributed by atoms with E-state index in [0.717, 1.165) is 29.7 Å². The number of phenolic OH excluding ortho intramolecular Hbond substituents is 1. The molecule has 4 nitrogen and oxygen atoms in total. The first kappa shape index (κ1) is 12.2. The van der Waals surface area contributed by atoms with Crippen LogP contribution in [-0.4, -0.2) is 14.7 Å². The Kier molecular flexibility index (Phi) is 2.45. The molecule has 0 radical (unpaired) electrons. The van der Waals surface area contributed by atoms with Gasteiger partial charge in [-0.15, -0.1) is 0 Å². The van der Waals surface area contributed by atoms with E-state index in [1.807, 2.05) is 6.07 Å². The molecule has 21 heavy (non-hydrogen) atoms. The highest BCUT2D eigenvalue weighted by molar-refractivity contribution is 5.81. The third kappa shape index (κ3) is 1.93. The number of rotatable bonds is 2. The first-order chi connectivity index (χ1) is 10.1. The second-order valence-electron chi connectivity index (χ2n) is 5.44. The Hall–Kier alpha value is -2.56. The molecule has 1 aliphatic carbocycles. The first-order valence-corrected chi connectivity index (χ1v) is 6.90. The van der Waals surface area contributed by atoms with Gasteiger partial charge in [-0.2, -0.15) is 0 Å². The van der Waals surface area contributed by atoms with Crippen molar-refractivity contribution in [1.82, 2.24) is 9.55 Å². The maximum absolute atomic E-state index is 13.4. The molecule has 0 atom stereocenters. The first-order valence-electron chi connectivity index (χ1n) is 6.90. The Morgan fingerprint density at radius 3 is 2.71 bits per heavy atom. The molecule has 2 aromatic carbocycles. The lowest BCUT2D eigenvalue weighted by atomic mass is 10.2. The van der Waals surface area contributed by atoms with Gasteiger partial charge in [0.25, 0.3) is 0 Å². The molecule has 1 heterocycles. The highest BCUT2D eigenvalue weighted by atomic mass is 19.1. The summed E-state index contributed by atoms with van der Waals surface area (Å²) in [5.74, 6) is 0.483. The van der Waals surface area contributed by atoms with Crippen LogP contribution in [0.3, 0.4) is 0 Å². The van der Waals surface area contributed by atoms with Gasteiger partial charge in [-0.05, 0) is 43.2 Å². The number of nitrogens with zero attached hydrogens (tertiary/aromatic N) is 2. The van der Waals surface area contributed by atoms with E-state index in [1.54, 1.807) is 18.2 Å². The van der Waals surface area contributed by atoms with Gasteiger partial charge >= 0.3 is 0 Å². The van der Waals surface area contributed by atoms with Crippen molar-refractivity contribution < 1.29 is 9.50 Å². The molecule has 0 aliphatic heterocycles. The van der Waals surface area contributed by atoms with Gasteiger partial charge in [0.05, 0.1) is 16.7 Å². The van der Waals surface area contributed by atoms with Crippen LogP contribution in [0.4, 0.5) is 10.1 Å². The maximum Gasteiger partial charge on any atom is 0.141 e. The normalized spacial score (nSPS) is 14.7. The summed E-state index contributed by atoms with van der Waals surface area (Å²) in [7, 11) is 0. The summed E-state index contributed by atoms with van der Waals surface area (Å²) >= 11 is 0. The number of phenols is 1. The van der Waals surface area contributed by atoms with E-state index in [2.05, 4.69) is 9.55 Å². The van der Waals surface area contributed by atoms with Crippen LogP contribution in [0.2, 0.25) is 0 Å². The van der Waals surface area contributed by atoms with Crippen LogP contribution in [0.15, 0.2) is 36.4 Å². The second-order valence-corrected chi connectivity index (χ2v) is 5.44. The van der Waals surface area contributed by atoms with Gasteiger partial charge in [0.1, 0.15) is 17.4 Å². The van der Waals surface area contributed by atoms with Crippen molar-refractivity contribution in [3.05, 3.63) is 42.2 Å². The van der Waals surface area contributed by atoms with Crippen LogP contribution in [0.1, 0.15) is 18.9 Å². The van der Waals surface area contributed by atoms with Crippen molar-refractivity contribution in [3.63, 3.8) is 0 Å². The summed E-state index contributed by atoms with van der Waals surface area (Å²) < 4.78 is 15.5. The lowest BCUT2D eigenvalue weighted by Crippen LogP contribution is -1.97. The minimum atomic E-state index is -0.297. The quantitative estimate of drug-likeness (QED) is 0.559. The zero-order valence-electron chi connectivity index (χ0n) is 11.3. The summed E-state index contributed by atoms with van der Waals surface area (Å²) in [5.41, 5.74) is 8.31. The van der Waals surface area contributed by atoms with Crippen molar-refractivity contribution in [2.45, 2.75) is 18.9 Å². The fourth-order valence-corrected chi connectivity index (χ4v) is 2.66. The number of halogens is 1. The van der Waals surface area contributed by atoms with E-state index in [0.29, 0.717) is 17.2 Å². The topological polar surface area (TPSA) is 64.1 Å². The Morgan fingerprint density at radius 2 is 2.00 bits per heavy atom. The van der Waals surface area contributed by atoms with Gasteiger partial charge in [-0.3, -0.25) is 0 Å². The summed E-state index contributed by atoms with van der Waals surface area (Å²) in [4.78, 5) is 4.55. The maximum atomic E-state index is 13.4. The molecule has 0 amide bonds. The Bertz CT molecular complexity index is 852. The van der Waals surface area contributed by atoms with Crippen molar-refractivity contribution in [2.24, 2.45) is 0 Å². The molecule has 0 unspecified atom stereocenters. The van der Waals surface area contributed by atoms with Crippen molar-refractivity contribution >= 4 is 16.7 Å². The van der Waals surface area contributed by atoms with Gasteiger partial charge in [-0.25, -0.2) is 9.37 Å². The van der Waals surface area contributed by atoms with Gasteiger partial charge in [0.15, 0.2) is 0 Å². The number of hydrogen-bond donors (Lipinski definition) is 2. The minimum Gasteiger partial charge on any atom is -0.506 e. The predicted octanol–water partition coefficient (Wildman–Crippen LogP) is 3.47. The molecular weight excluding hydrogens is 269 g/mol. The standard InChI is InChI=1S/C16H14FN3O/c17-10-2-6-14-13(8-10)19-16(20(14)11-3-4-11)9-1-5-12(18)15(21)7-9/h1-2,5-8,11,21H,3-4,18H2. The number of nitrogen functional groups attached to an aromatic ring is 1. The molecule has 1 aliphatic rings. The molecule has 4 rings (SSSR count). The molecule has 5 heteroatoms. The second kappa shape index (κ2) is 4.22. The van der Waals surface area contributed by atoms with Crippen LogP contribution in [0.25, 0.3) is 22.4 Å². The Labute approximate surface area is 120 Å². The molecule has 0 saturated heterocycles. The molecule has 1 saturated carbocycles. The lowest BCUT2D eigenvalue weighted by molar-refractivity contribution is 0.478. The number of aromatic nitrogens is 2. The average Bonchev–Trinajstić information content (AvgIpc) is 3.22. The number of imidazole rings is 1. The SMILES string of the molecule is Nc1ccc(-c2nc3cc(F)ccc3n2C2CC2)cc1O. The van der Waals surface area contributed by atoms with E-state index in [-0.39, 0.29) is 11.6 Å². The number of anilines is 1. The van der Waals surface area contributed by atoms with Crippen LogP contribution in [-0.2, 0) is 0 Å². The van der Waals surface area contributed by atoms with E-state index in [9.17, 15) is 9.50 Å². The number of benzene rings is 2. The number of aromatic hydroxyl groups is 1. The Balaban J connectivity index is 1.98. The average molecular weight is 283 g/mol. The molecule has 0 spiro atoms. The highest BCUT2D eigenvalue weighted by Gasteiger charge is 2.28. The van der Waals surface area contributed by atoms with E-state index < -0.39 is 0 Å². The number of hydrogen-bond acceptors (Lipinski definition) is 3. The van der Waals surface area contributed by atoms with Gasteiger partial charge < -0.3 is 15.4 Å². The summed E-state index contributed by atoms with van der Waals surface area (Å²) in [6, 6.07) is 10.1. The zero-order chi connectivity index (χ0) is 14.6. The summed E-state index contributed by atoms with van der Waals surface area (Å²) in [5, 5.41) is 9.80. The van der Waals surface area contributed by atoms with Crippen molar-refractivity contribution in [2.75, 3.05) is 5.73 Å². The van der Waals surface area contributed by atoms with Crippen molar-refractivity contribution in [3.8, 4) is 17.1 Å². The van der Waals surface area contributed by atoms with Gasteiger partial charge in [0, 0.05) is 17.7 Å². The molecule has 106 valence electrons. The van der Waals surface area contributed by atoms with Crippen LogP contribution < -0.4 is 5.73 Å². The highest BCUT2D eigenvalue weighted by Crippen LogP contribution is 2.42. The number of fused-ring (bicyclic) bond motifs is 1. The third-order valence-corrected chi connectivity index (χ3v) is 3.85. The zero-order valence-corrected chi connectivity index (χ0v) is 11.3. The fraction of sp³-hybridized carbons (Fsp3) is 0.188. The van der Waals surface area contributed by atoms with E-state index in [1.165, 1.54) is 12.1 Å².